The highest BCUT2D eigenvalue weighted by Crippen LogP contribution is 2.29. The molecule has 0 saturated carbocycles. The molecule has 0 bridgehead atoms. The Hall–Kier alpha value is -3.47. The van der Waals surface area contributed by atoms with Gasteiger partial charge in [0, 0.05) is 56.6 Å². The summed E-state index contributed by atoms with van der Waals surface area (Å²) in [5.74, 6) is -0.561. The highest BCUT2D eigenvalue weighted by Gasteiger charge is 2.31. The maximum absolute atomic E-state index is 12.7. The van der Waals surface area contributed by atoms with Crippen LogP contribution in [0.25, 0.3) is 0 Å². The van der Waals surface area contributed by atoms with Crippen molar-refractivity contribution < 1.29 is 27.7 Å². The summed E-state index contributed by atoms with van der Waals surface area (Å²) in [5.41, 5.74) is -0.171. The number of halogens is 3. The highest BCUT2D eigenvalue weighted by atomic mass is 19.4. The Kier molecular flexibility index (Phi) is 6.78. The van der Waals surface area contributed by atoms with Crippen molar-refractivity contribution in [3.63, 3.8) is 0 Å². The molecule has 0 aliphatic carbocycles. The standard InChI is InChI=1S/C21H21F3N4O4/c1-25(17-6-8-18(9-7-17)28(31)32)19(29)14-26-10-12-27(13-11-26)20(30)15-2-4-16(5-3-15)21(22,23)24/h2-9H,10-14H2,1H3. The minimum Gasteiger partial charge on any atom is -0.336 e. The van der Waals surface area contributed by atoms with Gasteiger partial charge in [0.05, 0.1) is 17.0 Å². The van der Waals surface area contributed by atoms with Crippen LogP contribution in [0.4, 0.5) is 24.5 Å². The van der Waals surface area contributed by atoms with E-state index in [1.54, 1.807) is 11.9 Å². The molecule has 0 aromatic heterocycles. The average molecular weight is 450 g/mol. The van der Waals surface area contributed by atoms with Crippen molar-refractivity contribution in [1.82, 2.24) is 9.80 Å². The molecule has 1 heterocycles. The number of alkyl halides is 3. The predicted octanol–water partition coefficient (Wildman–Crippen LogP) is 3.03. The SMILES string of the molecule is CN(C(=O)CN1CCN(C(=O)c2ccc(C(F)(F)F)cc2)CC1)c1ccc([N+](=O)[O-])cc1. The van der Waals surface area contributed by atoms with Crippen LogP contribution in [0, 0.1) is 10.1 Å². The molecule has 1 aliphatic heterocycles. The van der Waals surface area contributed by atoms with Crippen LogP contribution in [0.5, 0.6) is 0 Å². The predicted molar refractivity (Wildman–Crippen MR) is 110 cm³/mol. The molecule has 0 atom stereocenters. The van der Waals surface area contributed by atoms with Crippen LogP contribution < -0.4 is 4.90 Å². The van der Waals surface area contributed by atoms with Crippen LogP contribution in [0.1, 0.15) is 15.9 Å². The molecule has 2 aromatic rings. The third-order valence-corrected chi connectivity index (χ3v) is 5.30. The Balaban J connectivity index is 1.52. The van der Waals surface area contributed by atoms with Gasteiger partial charge in [-0.1, -0.05) is 0 Å². The number of hydrogen-bond acceptors (Lipinski definition) is 5. The van der Waals surface area contributed by atoms with Crippen LogP contribution in [0.15, 0.2) is 48.5 Å². The number of likely N-dealkylation sites (N-methyl/N-ethyl adjacent to an activating group) is 1. The fourth-order valence-corrected chi connectivity index (χ4v) is 3.33. The van der Waals surface area contributed by atoms with Gasteiger partial charge in [-0.05, 0) is 36.4 Å². The summed E-state index contributed by atoms with van der Waals surface area (Å²) >= 11 is 0. The van der Waals surface area contributed by atoms with Crippen LogP contribution >= 0.6 is 0 Å². The van der Waals surface area contributed by atoms with Crippen LogP contribution in [-0.4, -0.2) is 66.3 Å². The largest absolute Gasteiger partial charge is 0.416 e. The fraction of sp³-hybridized carbons (Fsp3) is 0.333. The summed E-state index contributed by atoms with van der Waals surface area (Å²) in [6, 6.07) is 9.75. The van der Waals surface area contributed by atoms with Crippen LogP contribution in [0.2, 0.25) is 0 Å². The first-order chi connectivity index (χ1) is 15.1. The van der Waals surface area contributed by atoms with Crippen molar-refractivity contribution in [1.29, 1.82) is 0 Å². The van der Waals surface area contributed by atoms with Gasteiger partial charge in [0.15, 0.2) is 0 Å². The summed E-state index contributed by atoms with van der Waals surface area (Å²) in [7, 11) is 1.58. The number of amides is 2. The number of non-ortho nitro benzene ring substituents is 1. The molecule has 2 aromatic carbocycles. The van der Waals surface area contributed by atoms with Gasteiger partial charge in [0.2, 0.25) is 5.91 Å². The number of carbonyl (C=O) groups excluding carboxylic acids is 2. The molecule has 1 aliphatic rings. The van der Waals surface area contributed by atoms with E-state index >= 15 is 0 Å². The number of benzene rings is 2. The van der Waals surface area contributed by atoms with E-state index in [0.29, 0.717) is 31.9 Å². The van der Waals surface area contributed by atoms with E-state index in [1.807, 2.05) is 4.90 Å². The van der Waals surface area contributed by atoms with E-state index < -0.39 is 16.7 Å². The normalized spacial score (nSPS) is 14.8. The number of nitro groups is 1. The molecule has 8 nitrogen and oxygen atoms in total. The first-order valence-electron chi connectivity index (χ1n) is 9.76. The summed E-state index contributed by atoms with van der Waals surface area (Å²) < 4.78 is 38.0. The van der Waals surface area contributed by atoms with Crippen molar-refractivity contribution in [3.05, 3.63) is 69.8 Å². The molecule has 170 valence electrons. The zero-order chi connectivity index (χ0) is 23.5. The lowest BCUT2D eigenvalue weighted by molar-refractivity contribution is -0.384. The molecule has 0 spiro atoms. The molecule has 2 amide bonds. The molecule has 0 N–H and O–H groups in total. The molecular formula is C21H21F3N4O4. The fourth-order valence-electron chi connectivity index (χ4n) is 3.33. The van der Waals surface area contributed by atoms with Gasteiger partial charge in [-0.2, -0.15) is 13.2 Å². The molecule has 1 saturated heterocycles. The lowest BCUT2D eigenvalue weighted by Gasteiger charge is -2.35. The zero-order valence-electron chi connectivity index (χ0n) is 17.2. The second-order valence-electron chi connectivity index (χ2n) is 7.37. The Morgan fingerprint density at radius 3 is 2.06 bits per heavy atom. The van der Waals surface area contributed by atoms with E-state index in [1.165, 1.54) is 41.3 Å². The maximum atomic E-state index is 12.7. The molecule has 11 heteroatoms. The van der Waals surface area contributed by atoms with Crippen molar-refractivity contribution in [3.8, 4) is 0 Å². The number of carbonyl (C=O) groups is 2. The molecule has 0 unspecified atom stereocenters. The molecule has 32 heavy (non-hydrogen) atoms. The average Bonchev–Trinajstić information content (AvgIpc) is 2.78. The van der Waals surface area contributed by atoms with Gasteiger partial charge in [-0.3, -0.25) is 24.6 Å². The van der Waals surface area contributed by atoms with E-state index in [4.69, 9.17) is 0 Å². The summed E-state index contributed by atoms with van der Waals surface area (Å²) in [5, 5.41) is 10.7. The molecular weight excluding hydrogens is 429 g/mol. The Labute approximate surface area is 182 Å². The smallest absolute Gasteiger partial charge is 0.336 e. The zero-order valence-corrected chi connectivity index (χ0v) is 17.2. The number of anilines is 1. The second kappa shape index (κ2) is 9.35. The first kappa shape index (κ1) is 23.2. The minimum absolute atomic E-state index is 0.0663. The first-order valence-corrected chi connectivity index (χ1v) is 9.76. The Morgan fingerprint density at radius 2 is 1.56 bits per heavy atom. The second-order valence-corrected chi connectivity index (χ2v) is 7.37. The number of rotatable bonds is 5. The molecule has 3 rings (SSSR count). The van der Waals surface area contributed by atoms with E-state index in [0.717, 1.165) is 12.1 Å². The summed E-state index contributed by atoms with van der Waals surface area (Å²) in [6.45, 7) is 1.66. The van der Waals surface area contributed by atoms with Gasteiger partial charge < -0.3 is 9.80 Å². The topological polar surface area (TPSA) is 87.0 Å². The van der Waals surface area contributed by atoms with Gasteiger partial charge >= 0.3 is 6.18 Å². The van der Waals surface area contributed by atoms with Crippen molar-refractivity contribution in [2.24, 2.45) is 0 Å². The van der Waals surface area contributed by atoms with Crippen LogP contribution in [-0.2, 0) is 11.0 Å². The lowest BCUT2D eigenvalue weighted by atomic mass is 10.1. The number of hydrogen-bond donors (Lipinski definition) is 0. The van der Waals surface area contributed by atoms with Gasteiger partial charge in [-0.25, -0.2) is 0 Å². The lowest BCUT2D eigenvalue weighted by Crippen LogP contribution is -2.51. The van der Waals surface area contributed by atoms with E-state index in [9.17, 15) is 32.9 Å². The Morgan fingerprint density at radius 1 is 1.00 bits per heavy atom. The number of piperazine rings is 1. The third kappa shape index (κ3) is 5.41. The van der Waals surface area contributed by atoms with Gasteiger partial charge in [0.1, 0.15) is 0 Å². The third-order valence-electron chi connectivity index (χ3n) is 5.30. The van der Waals surface area contributed by atoms with Crippen molar-refractivity contribution in [2.45, 2.75) is 6.18 Å². The van der Waals surface area contributed by atoms with Crippen molar-refractivity contribution >= 4 is 23.2 Å². The van der Waals surface area contributed by atoms with Gasteiger partial charge in [-0.15, -0.1) is 0 Å². The number of nitrogens with zero attached hydrogens (tertiary/aromatic N) is 4. The molecule has 0 radical (unpaired) electrons. The van der Waals surface area contributed by atoms with E-state index in [-0.39, 0.29) is 29.6 Å². The monoisotopic (exact) mass is 450 g/mol. The van der Waals surface area contributed by atoms with E-state index in [2.05, 4.69) is 0 Å². The quantitative estimate of drug-likeness (QED) is 0.516. The van der Waals surface area contributed by atoms with Crippen molar-refractivity contribution in [2.75, 3.05) is 44.7 Å². The minimum atomic E-state index is -4.46. The maximum Gasteiger partial charge on any atom is 0.416 e. The van der Waals surface area contributed by atoms with Crippen LogP contribution in [0.3, 0.4) is 0 Å². The number of nitro benzene ring substituents is 1. The van der Waals surface area contributed by atoms with Gasteiger partial charge in [0.25, 0.3) is 11.6 Å². The Bertz CT molecular complexity index is 986. The summed E-state index contributed by atoms with van der Waals surface area (Å²) in [4.78, 5) is 40.2. The highest BCUT2D eigenvalue weighted by molar-refractivity contribution is 5.95. The summed E-state index contributed by atoms with van der Waals surface area (Å²) in [6.07, 6.45) is -4.46. The molecule has 1 fully saturated rings.